The zero-order valence-corrected chi connectivity index (χ0v) is 15.5. The highest BCUT2D eigenvalue weighted by Crippen LogP contribution is 2.18. The maximum atomic E-state index is 12.1. The van der Waals surface area contributed by atoms with E-state index in [1.54, 1.807) is 36.4 Å². The molecule has 0 aliphatic carbocycles. The molecule has 7 nitrogen and oxygen atoms in total. The SMILES string of the molecule is CC1CC(=O)NN=C1c1ccc(NC(=O)CCC(=O)Oc2ccccc2)cc1. The van der Waals surface area contributed by atoms with Crippen molar-refractivity contribution >= 4 is 29.2 Å². The lowest BCUT2D eigenvalue weighted by molar-refractivity contribution is -0.135. The van der Waals surface area contributed by atoms with Crippen LogP contribution < -0.4 is 15.5 Å². The monoisotopic (exact) mass is 379 g/mol. The van der Waals surface area contributed by atoms with Crippen LogP contribution in [0.3, 0.4) is 0 Å². The van der Waals surface area contributed by atoms with Crippen LogP contribution in [0.5, 0.6) is 5.75 Å². The van der Waals surface area contributed by atoms with Crippen molar-refractivity contribution in [2.75, 3.05) is 5.32 Å². The summed E-state index contributed by atoms with van der Waals surface area (Å²) < 4.78 is 5.15. The van der Waals surface area contributed by atoms with Gasteiger partial charge < -0.3 is 10.1 Å². The molecule has 0 fully saturated rings. The third kappa shape index (κ3) is 5.26. The smallest absolute Gasteiger partial charge is 0.311 e. The Morgan fingerprint density at radius 2 is 1.82 bits per heavy atom. The van der Waals surface area contributed by atoms with Crippen LogP contribution >= 0.6 is 0 Å². The molecule has 28 heavy (non-hydrogen) atoms. The number of hydrazone groups is 1. The number of carbonyl (C=O) groups excluding carboxylic acids is 3. The Bertz CT molecular complexity index is 892. The van der Waals surface area contributed by atoms with Crippen LogP contribution in [0.15, 0.2) is 59.7 Å². The van der Waals surface area contributed by atoms with Crippen LogP contribution in [-0.2, 0) is 14.4 Å². The molecule has 2 N–H and O–H groups in total. The minimum atomic E-state index is -0.456. The number of anilines is 1. The van der Waals surface area contributed by atoms with Crippen molar-refractivity contribution in [3.8, 4) is 5.75 Å². The third-order valence-corrected chi connectivity index (χ3v) is 4.25. The molecule has 1 aliphatic heterocycles. The fourth-order valence-corrected chi connectivity index (χ4v) is 2.84. The fraction of sp³-hybridized carbons (Fsp3) is 0.238. The molecule has 2 amide bonds. The Hall–Kier alpha value is -3.48. The minimum absolute atomic E-state index is 0.00711. The van der Waals surface area contributed by atoms with Gasteiger partial charge in [-0.05, 0) is 29.8 Å². The maximum absolute atomic E-state index is 12.1. The Balaban J connectivity index is 1.49. The molecule has 144 valence electrons. The van der Waals surface area contributed by atoms with Crippen LogP contribution in [0.4, 0.5) is 5.69 Å². The summed E-state index contributed by atoms with van der Waals surface area (Å²) >= 11 is 0. The Morgan fingerprint density at radius 3 is 2.50 bits per heavy atom. The van der Waals surface area contributed by atoms with E-state index in [4.69, 9.17) is 4.74 Å². The van der Waals surface area contributed by atoms with Gasteiger partial charge in [0.25, 0.3) is 0 Å². The number of rotatable bonds is 6. The van der Waals surface area contributed by atoms with Gasteiger partial charge in [-0.2, -0.15) is 5.10 Å². The largest absolute Gasteiger partial charge is 0.427 e. The molecular formula is C21H21N3O4. The highest BCUT2D eigenvalue weighted by molar-refractivity contribution is 6.06. The van der Waals surface area contributed by atoms with Gasteiger partial charge in [-0.15, -0.1) is 0 Å². The summed E-state index contributed by atoms with van der Waals surface area (Å²) in [7, 11) is 0. The molecule has 7 heteroatoms. The first-order chi connectivity index (χ1) is 13.5. The summed E-state index contributed by atoms with van der Waals surface area (Å²) in [6.07, 6.45) is 0.423. The summed E-state index contributed by atoms with van der Waals surface area (Å²) in [5, 5.41) is 6.87. The van der Waals surface area contributed by atoms with Crippen molar-refractivity contribution < 1.29 is 19.1 Å². The summed E-state index contributed by atoms with van der Waals surface area (Å²) in [6.45, 7) is 1.95. The van der Waals surface area contributed by atoms with E-state index in [0.717, 1.165) is 11.3 Å². The number of nitrogens with zero attached hydrogens (tertiary/aromatic N) is 1. The highest BCUT2D eigenvalue weighted by Gasteiger charge is 2.21. The van der Waals surface area contributed by atoms with Crippen molar-refractivity contribution in [3.63, 3.8) is 0 Å². The summed E-state index contributed by atoms with van der Waals surface area (Å²) in [5.41, 5.74) is 4.80. The summed E-state index contributed by atoms with van der Waals surface area (Å²) in [4.78, 5) is 35.2. The third-order valence-electron chi connectivity index (χ3n) is 4.25. The molecule has 1 heterocycles. The summed E-state index contributed by atoms with van der Waals surface area (Å²) in [6, 6.07) is 15.9. The van der Waals surface area contributed by atoms with Gasteiger partial charge in [-0.25, -0.2) is 5.43 Å². The fourth-order valence-electron chi connectivity index (χ4n) is 2.84. The predicted octanol–water partition coefficient (Wildman–Crippen LogP) is 2.87. The number of hydrogen-bond acceptors (Lipinski definition) is 5. The molecule has 0 saturated heterocycles. The highest BCUT2D eigenvalue weighted by atomic mass is 16.5. The van der Waals surface area contributed by atoms with E-state index in [9.17, 15) is 14.4 Å². The van der Waals surface area contributed by atoms with Crippen molar-refractivity contribution in [2.45, 2.75) is 26.2 Å². The zero-order valence-electron chi connectivity index (χ0n) is 15.5. The molecule has 0 aromatic heterocycles. The Kier molecular flexibility index (Phi) is 6.16. The molecule has 0 radical (unpaired) electrons. The second kappa shape index (κ2) is 8.94. The molecule has 1 atom stereocenters. The average molecular weight is 379 g/mol. The molecule has 0 saturated carbocycles. The first-order valence-corrected chi connectivity index (χ1v) is 9.03. The second-order valence-electron chi connectivity index (χ2n) is 6.55. The number of carbonyl (C=O) groups is 3. The molecule has 2 aromatic rings. The van der Waals surface area contributed by atoms with Crippen molar-refractivity contribution in [2.24, 2.45) is 11.0 Å². The lowest BCUT2D eigenvalue weighted by atomic mass is 9.94. The minimum Gasteiger partial charge on any atom is -0.427 e. The lowest BCUT2D eigenvalue weighted by Gasteiger charge is -2.19. The molecule has 1 aliphatic rings. The van der Waals surface area contributed by atoms with Crippen LogP contribution in [-0.4, -0.2) is 23.5 Å². The first-order valence-electron chi connectivity index (χ1n) is 9.03. The molecular weight excluding hydrogens is 358 g/mol. The van der Waals surface area contributed by atoms with Gasteiger partial charge in [0.15, 0.2) is 0 Å². The van der Waals surface area contributed by atoms with Gasteiger partial charge in [0, 0.05) is 24.4 Å². The molecule has 2 aromatic carbocycles. The quantitative estimate of drug-likeness (QED) is 0.596. The van der Waals surface area contributed by atoms with Gasteiger partial charge in [0.05, 0.1) is 12.1 Å². The van der Waals surface area contributed by atoms with Gasteiger partial charge in [0.2, 0.25) is 11.8 Å². The zero-order chi connectivity index (χ0) is 19.9. The van der Waals surface area contributed by atoms with Gasteiger partial charge >= 0.3 is 5.97 Å². The van der Waals surface area contributed by atoms with E-state index >= 15 is 0 Å². The summed E-state index contributed by atoms with van der Waals surface area (Å²) in [5.74, 6) is -0.327. The van der Waals surface area contributed by atoms with Crippen LogP contribution in [0.1, 0.15) is 31.7 Å². The predicted molar refractivity (Wildman–Crippen MR) is 105 cm³/mol. The van der Waals surface area contributed by atoms with Crippen LogP contribution in [0.2, 0.25) is 0 Å². The van der Waals surface area contributed by atoms with E-state index in [1.807, 2.05) is 25.1 Å². The van der Waals surface area contributed by atoms with Crippen LogP contribution in [0, 0.1) is 5.92 Å². The van der Waals surface area contributed by atoms with E-state index in [-0.39, 0.29) is 30.6 Å². The number of nitrogens with one attached hydrogen (secondary N) is 2. The number of benzene rings is 2. The number of ether oxygens (including phenoxy) is 1. The molecule has 0 bridgehead atoms. The van der Waals surface area contributed by atoms with Gasteiger partial charge in [0.1, 0.15) is 5.75 Å². The second-order valence-corrected chi connectivity index (χ2v) is 6.55. The van der Waals surface area contributed by atoms with E-state index in [0.29, 0.717) is 17.9 Å². The van der Waals surface area contributed by atoms with Gasteiger partial charge in [-0.1, -0.05) is 37.3 Å². The lowest BCUT2D eigenvalue weighted by Crippen LogP contribution is -2.31. The number of amides is 2. The molecule has 3 rings (SSSR count). The average Bonchev–Trinajstić information content (AvgIpc) is 2.68. The Morgan fingerprint density at radius 1 is 1.11 bits per heavy atom. The van der Waals surface area contributed by atoms with Crippen LogP contribution in [0.25, 0.3) is 0 Å². The standard InChI is InChI=1S/C21H21N3O4/c1-14-13-19(26)23-24-21(14)15-7-9-16(10-8-15)22-18(25)11-12-20(27)28-17-5-3-2-4-6-17/h2-10,14H,11-13H2,1H3,(H,22,25)(H,23,26). The Labute approximate surface area is 162 Å². The van der Waals surface area contributed by atoms with E-state index in [2.05, 4.69) is 15.8 Å². The van der Waals surface area contributed by atoms with Crippen molar-refractivity contribution in [1.29, 1.82) is 0 Å². The number of esters is 1. The van der Waals surface area contributed by atoms with E-state index < -0.39 is 5.97 Å². The topological polar surface area (TPSA) is 96.9 Å². The van der Waals surface area contributed by atoms with Crippen molar-refractivity contribution in [3.05, 3.63) is 60.2 Å². The first kappa shape index (κ1) is 19.3. The van der Waals surface area contributed by atoms with Gasteiger partial charge in [-0.3, -0.25) is 14.4 Å². The molecule has 0 spiro atoms. The van der Waals surface area contributed by atoms with Crippen molar-refractivity contribution in [1.82, 2.24) is 5.43 Å². The van der Waals surface area contributed by atoms with E-state index in [1.165, 1.54) is 0 Å². The molecule has 1 unspecified atom stereocenters. The number of hydrogen-bond donors (Lipinski definition) is 2. The number of para-hydroxylation sites is 1. The maximum Gasteiger partial charge on any atom is 0.311 e. The normalized spacial score (nSPS) is 16.0.